The first-order valence-electron chi connectivity index (χ1n) is 9.56. The number of urea groups is 1. The lowest BCUT2D eigenvalue weighted by molar-refractivity contribution is 0.0235. The average Bonchev–Trinajstić information content (AvgIpc) is 3.26. The van der Waals surface area contributed by atoms with Crippen LogP contribution in [0.5, 0.6) is 0 Å². The summed E-state index contributed by atoms with van der Waals surface area (Å²) in [6.07, 6.45) is 4.66. The third-order valence-corrected chi connectivity index (χ3v) is 5.61. The minimum atomic E-state index is -0.305. The molecule has 3 amide bonds. The maximum Gasteiger partial charge on any atom is 0.322 e. The Morgan fingerprint density at radius 1 is 1.39 bits per heavy atom. The summed E-state index contributed by atoms with van der Waals surface area (Å²) in [6, 6.07) is 5.06. The second-order valence-corrected chi connectivity index (χ2v) is 7.67. The van der Waals surface area contributed by atoms with Crippen molar-refractivity contribution in [2.45, 2.75) is 31.9 Å². The smallest absolute Gasteiger partial charge is 0.322 e. The average molecular weight is 383 g/mol. The van der Waals surface area contributed by atoms with E-state index in [1.807, 2.05) is 26.2 Å². The topological polar surface area (TPSA) is 99.5 Å². The van der Waals surface area contributed by atoms with Crippen molar-refractivity contribution in [2.24, 2.45) is 13.0 Å². The molecule has 8 heteroatoms. The number of aromatic nitrogens is 2. The molecule has 2 heterocycles. The van der Waals surface area contributed by atoms with Crippen LogP contribution >= 0.6 is 0 Å². The highest BCUT2D eigenvalue weighted by atomic mass is 16.3. The number of aliphatic hydroxyl groups excluding tert-OH is 1. The molecule has 4 rings (SSSR count). The Hall–Kier alpha value is -2.87. The number of anilines is 1. The Labute approximate surface area is 163 Å². The van der Waals surface area contributed by atoms with E-state index in [-0.39, 0.29) is 30.0 Å². The van der Waals surface area contributed by atoms with Gasteiger partial charge < -0.3 is 15.7 Å². The summed E-state index contributed by atoms with van der Waals surface area (Å²) in [7, 11) is 1.84. The Balaban J connectivity index is 1.57. The Morgan fingerprint density at radius 3 is 2.79 bits per heavy atom. The number of hydrogen-bond donors (Lipinski definition) is 3. The highest BCUT2D eigenvalue weighted by molar-refractivity contribution is 5.99. The zero-order chi connectivity index (χ0) is 19.8. The van der Waals surface area contributed by atoms with Crippen LogP contribution in [0.3, 0.4) is 0 Å². The van der Waals surface area contributed by atoms with Gasteiger partial charge >= 0.3 is 6.03 Å². The molecule has 1 saturated heterocycles. The molecule has 1 aliphatic carbocycles. The molecule has 3 N–H and O–H groups in total. The summed E-state index contributed by atoms with van der Waals surface area (Å²) in [5, 5.41) is 19.8. The van der Waals surface area contributed by atoms with Gasteiger partial charge in [0.2, 0.25) is 0 Å². The van der Waals surface area contributed by atoms with Crippen LogP contribution in [0, 0.1) is 12.8 Å². The van der Waals surface area contributed by atoms with Gasteiger partial charge in [-0.3, -0.25) is 14.4 Å². The van der Waals surface area contributed by atoms with Crippen molar-refractivity contribution in [3.63, 3.8) is 0 Å². The summed E-state index contributed by atoms with van der Waals surface area (Å²) < 4.78 is 1.71. The molecule has 0 radical (unpaired) electrons. The fraction of sp³-hybridized carbons (Fsp3) is 0.450. The van der Waals surface area contributed by atoms with E-state index in [9.17, 15) is 14.7 Å². The Morgan fingerprint density at radius 2 is 2.18 bits per heavy atom. The van der Waals surface area contributed by atoms with Gasteiger partial charge in [-0.25, -0.2) is 4.79 Å². The predicted octanol–water partition coefficient (Wildman–Crippen LogP) is 1.50. The van der Waals surface area contributed by atoms with Crippen molar-refractivity contribution in [3.8, 4) is 0 Å². The lowest BCUT2D eigenvalue weighted by Crippen LogP contribution is -2.41. The molecule has 2 fully saturated rings. The monoisotopic (exact) mass is 383 g/mol. The molecule has 1 atom stereocenters. The molecular formula is C20H25N5O3. The van der Waals surface area contributed by atoms with E-state index in [0.29, 0.717) is 31.5 Å². The molecule has 1 aromatic carbocycles. The number of benzene rings is 1. The van der Waals surface area contributed by atoms with Crippen LogP contribution in [0.1, 0.15) is 40.4 Å². The van der Waals surface area contributed by atoms with Crippen molar-refractivity contribution in [3.05, 3.63) is 47.3 Å². The summed E-state index contributed by atoms with van der Waals surface area (Å²) >= 11 is 0. The number of aryl methyl sites for hydroxylation is 2. The molecule has 148 valence electrons. The fourth-order valence-electron chi connectivity index (χ4n) is 3.94. The van der Waals surface area contributed by atoms with E-state index in [0.717, 1.165) is 16.8 Å². The first kappa shape index (κ1) is 18.5. The highest BCUT2D eigenvalue weighted by Gasteiger charge is 2.36. The minimum Gasteiger partial charge on any atom is -0.393 e. The van der Waals surface area contributed by atoms with E-state index in [1.165, 1.54) is 0 Å². The lowest BCUT2D eigenvalue weighted by Gasteiger charge is -2.37. The second kappa shape index (κ2) is 7.27. The van der Waals surface area contributed by atoms with E-state index in [1.54, 1.807) is 27.9 Å². The van der Waals surface area contributed by atoms with Crippen molar-refractivity contribution >= 4 is 17.6 Å². The van der Waals surface area contributed by atoms with Crippen molar-refractivity contribution < 1.29 is 14.7 Å². The molecule has 8 nitrogen and oxygen atoms in total. The van der Waals surface area contributed by atoms with Gasteiger partial charge in [0.1, 0.15) is 0 Å². The number of amides is 3. The van der Waals surface area contributed by atoms with Crippen molar-refractivity contribution in [1.82, 2.24) is 20.4 Å². The van der Waals surface area contributed by atoms with Crippen LogP contribution in [0.15, 0.2) is 30.6 Å². The zero-order valence-corrected chi connectivity index (χ0v) is 16.1. The van der Waals surface area contributed by atoms with Gasteiger partial charge in [0.25, 0.3) is 5.91 Å². The van der Waals surface area contributed by atoms with Crippen LogP contribution < -0.4 is 15.5 Å². The lowest BCUT2D eigenvalue weighted by atomic mass is 9.75. The van der Waals surface area contributed by atoms with Gasteiger partial charge in [0.15, 0.2) is 0 Å². The Bertz CT molecular complexity index is 903. The molecule has 0 bridgehead atoms. The molecule has 1 saturated carbocycles. The van der Waals surface area contributed by atoms with Gasteiger partial charge in [-0.2, -0.15) is 5.10 Å². The molecule has 0 spiro atoms. The molecule has 2 aliphatic rings. The van der Waals surface area contributed by atoms with Crippen LogP contribution in [-0.4, -0.2) is 46.0 Å². The van der Waals surface area contributed by atoms with Gasteiger partial charge in [-0.1, -0.05) is 6.07 Å². The molecule has 1 aliphatic heterocycles. The number of aliphatic hydroxyl groups is 1. The van der Waals surface area contributed by atoms with Crippen molar-refractivity contribution in [2.75, 3.05) is 18.0 Å². The third-order valence-electron chi connectivity index (χ3n) is 5.61. The van der Waals surface area contributed by atoms with Crippen LogP contribution in [0.2, 0.25) is 0 Å². The highest BCUT2D eigenvalue weighted by Crippen LogP contribution is 2.38. The summed E-state index contributed by atoms with van der Waals surface area (Å²) in [6.45, 7) is 3.11. The predicted molar refractivity (Wildman–Crippen MR) is 104 cm³/mol. The molecule has 1 aromatic heterocycles. The van der Waals surface area contributed by atoms with Crippen LogP contribution in [-0.2, 0) is 7.05 Å². The van der Waals surface area contributed by atoms with E-state index < -0.39 is 0 Å². The first-order chi connectivity index (χ1) is 13.4. The maximum atomic E-state index is 13.0. The number of carbonyl (C=O) groups is 2. The van der Waals surface area contributed by atoms with E-state index >= 15 is 0 Å². The van der Waals surface area contributed by atoms with E-state index in [2.05, 4.69) is 15.7 Å². The number of nitrogens with one attached hydrogen (secondary N) is 2. The number of nitrogens with zero attached hydrogens (tertiary/aromatic N) is 3. The third kappa shape index (κ3) is 3.47. The minimum absolute atomic E-state index is 0.141. The van der Waals surface area contributed by atoms with Crippen LogP contribution in [0.25, 0.3) is 0 Å². The van der Waals surface area contributed by atoms with Gasteiger partial charge in [-0.05, 0) is 43.4 Å². The number of hydrogen-bond acceptors (Lipinski definition) is 4. The summed E-state index contributed by atoms with van der Waals surface area (Å²) in [5.74, 6) is -0.0199. The molecule has 2 aromatic rings. The quantitative estimate of drug-likeness (QED) is 0.729. The largest absolute Gasteiger partial charge is 0.393 e. The van der Waals surface area contributed by atoms with E-state index in [4.69, 9.17) is 0 Å². The normalized spacial score (nSPS) is 22.5. The molecule has 0 unspecified atom stereocenters. The molecular weight excluding hydrogens is 358 g/mol. The Kier molecular flexibility index (Phi) is 4.80. The number of carbonyl (C=O) groups excluding carboxylic acids is 2. The van der Waals surface area contributed by atoms with Gasteiger partial charge in [-0.15, -0.1) is 0 Å². The standard InChI is InChI=1S/C20H25N5O3/c1-12-3-4-13(9-17(12)25-6-5-21-20(25)28)19(27)23-18(14-7-16(26)8-14)15-10-22-24(2)11-15/h3-4,9-11,14,16,18,26H,5-8H2,1-2H3,(H,21,28)(H,23,27)/t14?,16?,18-/m0/s1. The zero-order valence-electron chi connectivity index (χ0n) is 16.1. The van der Waals surface area contributed by atoms with Gasteiger partial charge in [0.05, 0.1) is 18.3 Å². The van der Waals surface area contributed by atoms with Crippen LogP contribution in [0.4, 0.5) is 10.5 Å². The van der Waals surface area contributed by atoms with Gasteiger partial charge in [0, 0.05) is 43.1 Å². The maximum absolute atomic E-state index is 13.0. The van der Waals surface area contributed by atoms with Crippen molar-refractivity contribution in [1.29, 1.82) is 0 Å². The molecule has 28 heavy (non-hydrogen) atoms. The SMILES string of the molecule is Cc1ccc(C(=O)N[C@H](c2cnn(C)c2)C2CC(O)C2)cc1N1CCNC1=O. The summed E-state index contributed by atoms with van der Waals surface area (Å²) in [5.41, 5.74) is 3.13. The second-order valence-electron chi connectivity index (χ2n) is 7.67. The number of rotatable bonds is 5. The summed E-state index contributed by atoms with van der Waals surface area (Å²) in [4.78, 5) is 26.7. The fourth-order valence-corrected chi connectivity index (χ4v) is 3.94. The first-order valence-corrected chi connectivity index (χ1v) is 9.56.